The second-order valence-corrected chi connectivity index (χ2v) is 5.92. The van der Waals surface area contributed by atoms with Gasteiger partial charge < -0.3 is 10.1 Å². The van der Waals surface area contributed by atoms with E-state index >= 15 is 0 Å². The van der Waals surface area contributed by atoms with Crippen molar-refractivity contribution in [3.8, 4) is 0 Å². The first-order valence-corrected chi connectivity index (χ1v) is 7.92. The zero-order chi connectivity index (χ0) is 16.2. The minimum Gasteiger partial charge on any atom is -0.381 e. The van der Waals surface area contributed by atoms with Crippen LogP contribution in [-0.2, 0) is 4.74 Å². The van der Waals surface area contributed by atoms with Gasteiger partial charge in [0.15, 0.2) is 0 Å². The van der Waals surface area contributed by atoms with E-state index in [2.05, 4.69) is 15.3 Å². The van der Waals surface area contributed by atoms with Crippen LogP contribution < -0.4 is 5.32 Å². The van der Waals surface area contributed by atoms with E-state index in [4.69, 9.17) is 4.74 Å². The van der Waals surface area contributed by atoms with Crippen molar-refractivity contribution < 1.29 is 9.53 Å². The van der Waals surface area contributed by atoms with Crippen molar-refractivity contribution in [3.05, 3.63) is 53.1 Å². The van der Waals surface area contributed by atoms with Crippen molar-refractivity contribution in [2.75, 3.05) is 18.5 Å². The second kappa shape index (κ2) is 6.87. The van der Waals surface area contributed by atoms with Gasteiger partial charge in [-0.2, -0.15) is 0 Å². The molecule has 0 aliphatic carbocycles. The number of aryl methyl sites for hydroxylation is 1. The van der Waals surface area contributed by atoms with E-state index in [-0.39, 0.29) is 5.91 Å². The fraction of sp³-hybridized carbons (Fsp3) is 0.389. The summed E-state index contributed by atoms with van der Waals surface area (Å²) < 4.78 is 5.38. The van der Waals surface area contributed by atoms with Gasteiger partial charge in [0.1, 0.15) is 12.0 Å². The summed E-state index contributed by atoms with van der Waals surface area (Å²) in [6, 6.07) is 7.67. The number of aromatic nitrogens is 2. The van der Waals surface area contributed by atoms with Gasteiger partial charge >= 0.3 is 0 Å². The number of hydrogen-bond acceptors (Lipinski definition) is 4. The van der Waals surface area contributed by atoms with Crippen molar-refractivity contribution >= 4 is 11.6 Å². The molecule has 1 aliphatic rings. The molecular formula is C18H21N3O2. The maximum atomic E-state index is 12.5. The van der Waals surface area contributed by atoms with Crippen LogP contribution >= 0.6 is 0 Å². The highest BCUT2D eigenvalue weighted by molar-refractivity contribution is 6.03. The second-order valence-electron chi connectivity index (χ2n) is 5.92. The molecule has 1 amide bonds. The molecule has 0 saturated carbocycles. The van der Waals surface area contributed by atoms with E-state index in [1.165, 1.54) is 6.33 Å². The molecule has 2 aromatic rings. The fourth-order valence-electron chi connectivity index (χ4n) is 2.79. The van der Waals surface area contributed by atoms with Gasteiger partial charge in [0.25, 0.3) is 5.91 Å². The Bertz CT molecular complexity index is 709. The van der Waals surface area contributed by atoms with E-state index in [0.717, 1.165) is 48.6 Å². The molecule has 5 nitrogen and oxygen atoms in total. The molecule has 0 atom stereocenters. The minimum absolute atomic E-state index is 0.200. The van der Waals surface area contributed by atoms with Gasteiger partial charge in [-0.15, -0.1) is 0 Å². The molecule has 5 heteroatoms. The van der Waals surface area contributed by atoms with Crippen molar-refractivity contribution in [2.24, 2.45) is 0 Å². The first-order chi connectivity index (χ1) is 11.1. The van der Waals surface area contributed by atoms with Crippen LogP contribution in [0.5, 0.6) is 0 Å². The molecule has 1 fully saturated rings. The molecule has 1 aliphatic heterocycles. The number of nitrogens with zero attached hydrogens (tertiary/aromatic N) is 2. The molecule has 1 aromatic heterocycles. The van der Waals surface area contributed by atoms with Gasteiger partial charge in [-0.3, -0.25) is 4.79 Å². The topological polar surface area (TPSA) is 64.1 Å². The average molecular weight is 311 g/mol. The standard InChI is InChI=1S/C18H21N3O2/c1-12-4-3-5-15(13(12)2)21-18(22)17-10-16(19-11-20-17)14-6-8-23-9-7-14/h3-5,10-11,14H,6-9H2,1-2H3,(H,21,22). The molecule has 0 radical (unpaired) electrons. The molecule has 0 unspecified atom stereocenters. The summed E-state index contributed by atoms with van der Waals surface area (Å²) in [7, 11) is 0. The Morgan fingerprint density at radius 1 is 1.22 bits per heavy atom. The Morgan fingerprint density at radius 3 is 2.78 bits per heavy atom. The predicted molar refractivity (Wildman–Crippen MR) is 88.7 cm³/mol. The van der Waals surface area contributed by atoms with Crippen LogP contribution in [0.1, 0.15) is 46.1 Å². The minimum atomic E-state index is -0.200. The number of benzene rings is 1. The van der Waals surface area contributed by atoms with Gasteiger partial charge in [-0.05, 0) is 49.9 Å². The Kier molecular flexibility index (Phi) is 4.67. The van der Waals surface area contributed by atoms with E-state index in [1.54, 1.807) is 6.07 Å². The number of amides is 1. The first kappa shape index (κ1) is 15.6. The van der Waals surface area contributed by atoms with Crippen LogP contribution in [-0.4, -0.2) is 29.1 Å². The van der Waals surface area contributed by atoms with Crippen LogP contribution in [0.15, 0.2) is 30.6 Å². The van der Waals surface area contributed by atoms with E-state index in [0.29, 0.717) is 11.6 Å². The third-order valence-electron chi connectivity index (χ3n) is 4.41. The first-order valence-electron chi connectivity index (χ1n) is 7.92. The van der Waals surface area contributed by atoms with E-state index < -0.39 is 0 Å². The molecular weight excluding hydrogens is 290 g/mol. The highest BCUT2D eigenvalue weighted by Crippen LogP contribution is 2.25. The lowest BCUT2D eigenvalue weighted by molar-refractivity contribution is 0.0844. The number of carbonyl (C=O) groups is 1. The number of hydrogen-bond donors (Lipinski definition) is 1. The number of carbonyl (C=O) groups excluding carboxylic acids is 1. The summed E-state index contributed by atoms with van der Waals surface area (Å²) in [6.07, 6.45) is 3.35. The lowest BCUT2D eigenvalue weighted by atomic mass is 9.96. The van der Waals surface area contributed by atoms with Crippen LogP contribution in [0.2, 0.25) is 0 Å². The number of nitrogens with one attached hydrogen (secondary N) is 1. The van der Waals surface area contributed by atoms with Crippen molar-refractivity contribution in [2.45, 2.75) is 32.6 Å². The number of ether oxygens (including phenoxy) is 1. The van der Waals surface area contributed by atoms with Crippen molar-refractivity contribution in [3.63, 3.8) is 0 Å². The van der Waals surface area contributed by atoms with E-state index in [9.17, 15) is 4.79 Å². The smallest absolute Gasteiger partial charge is 0.274 e. The molecule has 1 N–H and O–H groups in total. The van der Waals surface area contributed by atoms with Gasteiger partial charge in [0, 0.05) is 30.5 Å². The lowest BCUT2D eigenvalue weighted by Gasteiger charge is -2.21. The molecule has 23 heavy (non-hydrogen) atoms. The lowest BCUT2D eigenvalue weighted by Crippen LogP contribution is -2.18. The van der Waals surface area contributed by atoms with Crippen LogP contribution in [0.3, 0.4) is 0 Å². The maximum absolute atomic E-state index is 12.5. The highest BCUT2D eigenvalue weighted by atomic mass is 16.5. The monoisotopic (exact) mass is 311 g/mol. The Balaban J connectivity index is 1.78. The third-order valence-corrected chi connectivity index (χ3v) is 4.41. The van der Waals surface area contributed by atoms with E-state index in [1.807, 2.05) is 32.0 Å². The predicted octanol–water partition coefficient (Wildman–Crippen LogP) is 3.24. The maximum Gasteiger partial charge on any atom is 0.274 e. The largest absolute Gasteiger partial charge is 0.381 e. The molecule has 3 rings (SSSR count). The summed E-state index contributed by atoms with van der Waals surface area (Å²) in [5.41, 5.74) is 4.37. The zero-order valence-corrected chi connectivity index (χ0v) is 13.5. The molecule has 120 valence electrons. The van der Waals surface area contributed by atoms with Gasteiger partial charge in [-0.25, -0.2) is 9.97 Å². The molecule has 1 aromatic carbocycles. The molecule has 1 saturated heterocycles. The SMILES string of the molecule is Cc1cccc(NC(=O)c2cc(C3CCOCC3)ncn2)c1C. The molecule has 0 bridgehead atoms. The van der Waals surface area contributed by atoms with Crippen LogP contribution in [0, 0.1) is 13.8 Å². The zero-order valence-electron chi connectivity index (χ0n) is 13.5. The summed E-state index contributed by atoms with van der Waals surface area (Å²) in [6.45, 7) is 5.52. The normalized spacial score (nSPS) is 15.4. The molecule has 2 heterocycles. The average Bonchev–Trinajstić information content (AvgIpc) is 2.60. The number of rotatable bonds is 3. The highest BCUT2D eigenvalue weighted by Gasteiger charge is 2.19. The summed E-state index contributed by atoms with van der Waals surface area (Å²) in [5.74, 6) is 0.147. The number of anilines is 1. The van der Waals surface area contributed by atoms with Crippen LogP contribution in [0.4, 0.5) is 5.69 Å². The van der Waals surface area contributed by atoms with Gasteiger partial charge in [-0.1, -0.05) is 12.1 Å². The van der Waals surface area contributed by atoms with Gasteiger partial charge in [0.05, 0.1) is 0 Å². The van der Waals surface area contributed by atoms with Crippen LogP contribution in [0.25, 0.3) is 0 Å². The third kappa shape index (κ3) is 3.56. The van der Waals surface area contributed by atoms with Crippen molar-refractivity contribution in [1.82, 2.24) is 9.97 Å². The Hall–Kier alpha value is -2.27. The van der Waals surface area contributed by atoms with Crippen molar-refractivity contribution in [1.29, 1.82) is 0 Å². The fourth-order valence-corrected chi connectivity index (χ4v) is 2.79. The molecule has 0 spiro atoms. The summed E-state index contributed by atoms with van der Waals surface area (Å²) in [5, 5.41) is 2.94. The summed E-state index contributed by atoms with van der Waals surface area (Å²) >= 11 is 0. The Morgan fingerprint density at radius 2 is 2.00 bits per heavy atom. The van der Waals surface area contributed by atoms with Gasteiger partial charge in [0.2, 0.25) is 0 Å². The quantitative estimate of drug-likeness (QED) is 0.945. The summed E-state index contributed by atoms with van der Waals surface area (Å²) in [4.78, 5) is 21.0. The Labute approximate surface area is 136 Å².